The lowest BCUT2D eigenvalue weighted by molar-refractivity contribution is -0.121. The van der Waals surface area contributed by atoms with E-state index in [-0.39, 0.29) is 24.4 Å². The van der Waals surface area contributed by atoms with E-state index in [1.54, 1.807) is 0 Å². The summed E-state index contributed by atoms with van der Waals surface area (Å²) < 4.78 is 0. The van der Waals surface area contributed by atoms with Crippen LogP contribution in [-0.2, 0) is 11.3 Å². The monoisotopic (exact) mass is 394 g/mol. The number of hydrogen-bond donors (Lipinski definition) is 3. The Morgan fingerprint density at radius 3 is 2.21 bits per heavy atom. The molecule has 0 spiro atoms. The smallest absolute Gasteiger partial charge is 0.315 e. The van der Waals surface area contributed by atoms with Crippen molar-refractivity contribution in [1.29, 1.82) is 0 Å². The highest BCUT2D eigenvalue weighted by molar-refractivity contribution is 5.78. The molecule has 6 nitrogen and oxygen atoms in total. The maximum Gasteiger partial charge on any atom is 0.315 e. The van der Waals surface area contributed by atoms with Crippen LogP contribution in [0.2, 0.25) is 0 Å². The number of hydrogen-bond acceptors (Lipinski definition) is 3. The van der Waals surface area contributed by atoms with E-state index < -0.39 is 0 Å². The zero-order chi connectivity index (χ0) is 20.3. The molecule has 0 saturated carbocycles. The van der Waals surface area contributed by atoms with Gasteiger partial charge in [-0.1, -0.05) is 60.7 Å². The molecule has 1 atom stereocenters. The lowest BCUT2D eigenvalue weighted by Crippen LogP contribution is -2.39. The van der Waals surface area contributed by atoms with Crippen LogP contribution in [-0.4, -0.2) is 43.0 Å². The van der Waals surface area contributed by atoms with Crippen LogP contribution in [0.25, 0.3) is 0 Å². The van der Waals surface area contributed by atoms with E-state index in [2.05, 4.69) is 33.0 Å². The van der Waals surface area contributed by atoms with E-state index in [0.717, 1.165) is 18.7 Å². The zero-order valence-corrected chi connectivity index (χ0v) is 16.8. The first-order valence-corrected chi connectivity index (χ1v) is 10.3. The summed E-state index contributed by atoms with van der Waals surface area (Å²) in [6.45, 7) is 3.50. The minimum atomic E-state index is -0.263. The Bertz CT molecular complexity index is 761. The van der Waals surface area contributed by atoms with E-state index in [0.29, 0.717) is 19.6 Å². The molecule has 1 aliphatic rings. The number of benzene rings is 2. The fraction of sp³-hybridized carbons (Fsp3) is 0.391. The molecule has 154 valence electrons. The lowest BCUT2D eigenvalue weighted by Gasteiger charge is -2.28. The Kier molecular flexibility index (Phi) is 8.07. The fourth-order valence-corrected chi connectivity index (χ4v) is 3.62. The summed E-state index contributed by atoms with van der Waals surface area (Å²) in [5.41, 5.74) is 2.27. The van der Waals surface area contributed by atoms with Crippen molar-refractivity contribution in [3.63, 3.8) is 0 Å². The molecule has 3 N–H and O–H groups in total. The van der Waals surface area contributed by atoms with Crippen LogP contribution in [0.1, 0.15) is 36.4 Å². The molecule has 0 aromatic heterocycles. The van der Waals surface area contributed by atoms with Gasteiger partial charge in [0, 0.05) is 26.1 Å². The first kappa shape index (κ1) is 20.9. The summed E-state index contributed by atoms with van der Waals surface area (Å²) in [4.78, 5) is 26.6. The van der Waals surface area contributed by atoms with Gasteiger partial charge in [-0.05, 0) is 37.1 Å². The number of likely N-dealkylation sites (tertiary alicyclic amines) is 1. The van der Waals surface area contributed by atoms with Crippen molar-refractivity contribution in [3.8, 4) is 0 Å². The number of amides is 3. The van der Waals surface area contributed by atoms with Gasteiger partial charge >= 0.3 is 6.03 Å². The normalized spacial score (nSPS) is 14.9. The first-order valence-electron chi connectivity index (χ1n) is 10.3. The molecule has 0 aliphatic carbocycles. The maximum absolute atomic E-state index is 12.3. The predicted octanol–water partition coefficient (Wildman–Crippen LogP) is 2.83. The third-order valence-electron chi connectivity index (χ3n) is 5.19. The van der Waals surface area contributed by atoms with Crippen LogP contribution in [0.4, 0.5) is 4.79 Å². The zero-order valence-electron chi connectivity index (χ0n) is 16.8. The second-order valence-electron chi connectivity index (χ2n) is 7.32. The number of carbonyl (C=O) groups is 2. The Morgan fingerprint density at radius 1 is 0.862 bits per heavy atom. The van der Waals surface area contributed by atoms with Gasteiger partial charge in [0.15, 0.2) is 0 Å². The highest BCUT2D eigenvalue weighted by atomic mass is 16.2. The van der Waals surface area contributed by atoms with Gasteiger partial charge in [-0.15, -0.1) is 0 Å². The van der Waals surface area contributed by atoms with Crippen LogP contribution < -0.4 is 16.0 Å². The molecule has 1 heterocycles. The molecular formula is C23H30N4O2. The topological polar surface area (TPSA) is 73.5 Å². The predicted molar refractivity (Wildman–Crippen MR) is 114 cm³/mol. The molecule has 2 aromatic rings. The molecule has 1 unspecified atom stereocenters. The van der Waals surface area contributed by atoms with Gasteiger partial charge in [0.25, 0.3) is 0 Å². The summed E-state index contributed by atoms with van der Waals surface area (Å²) in [5, 5.41) is 8.57. The van der Waals surface area contributed by atoms with Crippen LogP contribution in [0.5, 0.6) is 0 Å². The van der Waals surface area contributed by atoms with Crippen molar-refractivity contribution in [2.75, 3.05) is 26.2 Å². The van der Waals surface area contributed by atoms with Gasteiger partial charge < -0.3 is 16.0 Å². The number of carbonyl (C=O) groups excluding carboxylic acids is 2. The molecule has 0 bridgehead atoms. The molecule has 1 fully saturated rings. The van der Waals surface area contributed by atoms with E-state index in [1.165, 1.54) is 18.4 Å². The van der Waals surface area contributed by atoms with Crippen molar-refractivity contribution < 1.29 is 9.59 Å². The van der Waals surface area contributed by atoms with E-state index >= 15 is 0 Å². The van der Waals surface area contributed by atoms with Crippen LogP contribution in [0.15, 0.2) is 60.7 Å². The molecule has 1 aliphatic heterocycles. The number of nitrogens with zero attached hydrogens (tertiary/aromatic N) is 1. The lowest BCUT2D eigenvalue weighted by atomic mass is 10.1. The summed E-state index contributed by atoms with van der Waals surface area (Å²) in [7, 11) is 0. The number of rotatable bonds is 9. The first-order chi connectivity index (χ1) is 14.2. The minimum Gasteiger partial charge on any atom is -0.354 e. The molecule has 6 heteroatoms. The standard InChI is InChI=1S/C23H30N4O2/c28-22(13-14-24-23(29)26-17-19-9-3-1-4-10-19)25-18-21(27-15-7-8-16-27)20-11-5-2-6-12-20/h1-6,9-12,21H,7-8,13-18H2,(H,25,28)(H2,24,26,29). The van der Waals surface area contributed by atoms with Gasteiger partial charge in [-0.3, -0.25) is 9.69 Å². The van der Waals surface area contributed by atoms with Crippen molar-refractivity contribution in [1.82, 2.24) is 20.9 Å². The average Bonchev–Trinajstić information content (AvgIpc) is 3.28. The second-order valence-corrected chi connectivity index (χ2v) is 7.32. The highest BCUT2D eigenvalue weighted by Crippen LogP contribution is 2.24. The third-order valence-corrected chi connectivity index (χ3v) is 5.19. The number of nitrogens with one attached hydrogen (secondary N) is 3. The Morgan fingerprint density at radius 2 is 1.52 bits per heavy atom. The van der Waals surface area contributed by atoms with Crippen molar-refractivity contribution >= 4 is 11.9 Å². The van der Waals surface area contributed by atoms with Crippen LogP contribution in [0, 0.1) is 0 Å². The van der Waals surface area contributed by atoms with Gasteiger partial charge in [-0.2, -0.15) is 0 Å². The minimum absolute atomic E-state index is 0.0477. The maximum atomic E-state index is 12.3. The van der Waals surface area contributed by atoms with Crippen molar-refractivity contribution in [2.45, 2.75) is 31.8 Å². The summed E-state index contributed by atoms with van der Waals surface area (Å²) >= 11 is 0. The second kappa shape index (κ2) is 11.2. The SMILES string of the molecule is O=C(CCNC(=O)NCc1ccccc1)NCC(c1ccccc1)N1CCCC1. The highest BCUT2D eigenvalue weighted by Gasteiger charge is 2.23. The summed E-state index contributed by atoms with van der Waals surface area (Å²) in [6, 6.07) is 20.0. The van der Waals surface area contributed by atoms with Crippen molar-refractivity contribution in [3.05, 3.63) is 71.8 Å². The largest absolute Gasteiger partial charge is 0.354 e. The molecule has 3 rings (SSSR count). The third kappa shape index (κ3) is 6.91. The Balaban J connectivity index is 1.37. The van der Waals surface area contributed by atoms with E-state index in [4.69, 9.17) is 0 Å². The molecular weight excluding hydrogens is 364 g/mol. The Labute approximate surface area is 172 Å². The summed E-state index contributed by atoms with van der Waals surface area (Å²) in [5.74, 6) is -0.0477. The van der Waals surface area contributed by atoms with E-state index in [1.807, 2.05) is 48.5 Å². The molecule has 29 heavy (non-hydrogen) atoms. The van der Waals surface area contributed by atoms with Gasteiger partial charge in [0.05, 0.1) is 6.04 Å². The van der Waals surface area contributed by atoms with E-state index in [9.17, 15) is 9.59 Å². The molecule has 3 amide bonds. The van der Waals surface area contributed by atoms with Gasteiger partial charge in [-0.25, -0.2) is 4.79 Å². The molecule has 2 aromatic carbocycles. The average molecular weight is 395 g/mol. The van der Waals surface area contributed by atoms with Crippen LogP contribution in [0.3, 0.4) is 0 Å². The quantitative estimate of drug-likeness (QED) is 0.612. The van der Waals surface area contributed by atoms with Crippen molar-refractivity contribution in [2.24, 2.45) is 0 Å². The van der Waals surface area contributed by atoms with Crippen LogP contribution >= 0.6 is 0 Å². The molecule has 1 saturated heterocycles. The Hall–Kier alpha value is -2.86. The van der Waals surface area contributed by atoms with Gasteiger partial charge in [0.2, 0.25) is 5.91 Å². The van der Waals surface area contributed by atoms with Gasteiger partial charge in [0.1, 0.15) is 0 Å². The fourth-order valence-electron chi connectivity index (χ4n) is 3.62. The molecule has 0 radical (unpaired) electrons. The number of urea groups is 1. The summed E-state index contributed by atoms with van der Waals surface area (Å²) in [6.07, 6.45) is 2.68.